The average Bonchev–Trinajstić information content (AvgIpc) is 2.41. The molecule has 2 atom stereocenters. The summed E-state index contributed by atoms with van der Waals surface area (Å²) in [6.45, 7) is 11.1. The second-order valence-corrected chi connectivity index (χ2v) is 6.85. The number of hydrogen-bond donors (Lipinski definition) is 1. The number of rotatable bonds is 4. The van der Waals surface area contributed by atoms with Crippen LogP contribution in [0.1, 0.15) is 32.4 Å². The Bertz CT molecular complexity index is 425. The smallest absolute Gasteiger partial charge is 0.0508 e. The van der Waals surface area contributed by atoms with Crippen molar-refractivity contribution in [2.24, 2.45) is 5.73 Å². The molecule has 0 bridgehead atoms. The van der Waals surface area contributed by atoms with Crippen LogP contribution >= 0.6 is 15.9 Å². The predicted octanol–water partition coefficient (Wildman–Crippen LogP) is 2.86. The SMILES string of the molecule is CC(N)C(c1ccccc1Br)N1CCN(C(C)C)CC1. The lowest BCUT2D eigenvalue weighted by Gasteiger charge is -2.42. The average molecular weight is 340 g/mol. The van der Waals surface area contributed by atoms with Crippen molar-refractivity contribution in [1.82, 2.24) is 9.80 Å². The fourth-order valence-electron chi connectivity index (χ4n) is 3.06. The van der Waals surface area contributed by atoms with Gasteiger partial charge in [0.1, 0.15) is 0 Å². The summed E-state index contributed by atoms with van der Waals surface area (Å²) in [6.07, 6.45) is 0. The molecule has 1 fully saturated rings. The molecule has 2 N–H and O–H groups in total. The summed E-state index contributed by atoms with van der Waals surface area (Å²) in [7, 11) is 0. The Morgan fingerprint density at radius 2 is 1.55 bits per heavy atom. The first-order valence-electron chi connectivity index (χ1n) is 7.49. The fourth-order valence-corrected chi connectivity index (χ4v) is 3.58. The van der Waals surface area contributed by atoms with E-state index in [1.54, 1.807) is 0 Å². The molecule has 1 heterocycles. The van der Waals surface area contributed by atoms with Crippen molar-refractivity contribution in [3.05, 3.63) is 34.3 Å². The van der Waals surface area contributed by atoms with E-state index in [4.69, 9.17) is 5.73 Å². The molecule has 1 saturated heterocycles. The van der Waals surface area contributed by atoms with Crippen molar-refractivity contribution in [2.75, 3.05) is 26.2 Å². The Morgan fingerprint density at radius 3 is 2.05 bits per heavy atom. The number of hydrogen-bond acceptors (Lipinski definition) is 3. The molecule has 3 nitrogen and oxygen atoms in total. The third-order valence-corrected chi connectivity index (χ3v) is 4.92. The van der Waals surface area contributed by atoms with E-state index in [0.29, 0.717) is 12.1 Å². The van der Waals surface area contributed by atoms with Gasteiger partial charge in [-0.1, -0.05) is 34.1 Å². The zero-order valence-electron chi connectivity index (χ0n) is 12.7. The van der Waals surface area contributed by atoms with Crippen LogP contribution in [0.2, 0.25) is 0 Å². The summed E-state index contributed by atoms with van der Waals surface area (Å²) in [6, 6.07) is 9.50. The van der Waals surface area contributed by atoms with Gasteiger partial charge in [0, 0.05) is 42.7 Å². The summed E-state index contributed by atoms with van der Waals surface area (Å²) in [5.74, 6) is 0. The van der Waals surface area contributed by atoms with Gasteiger partial charge < -0.3 is 5.73 Å². The molecule has 1 aliphatic rings. The predicted molar refractivity (Wildman–Crippen MR) is 88.8 cm³/mol. The quantitative estimate of drug-likeness (QED) is 0.915. The van der Waals surface area contributed by atoms with Gasteiger partial charge in [-0.05, 0) is 32.4 Å². The van der Waals surface area contributed by atoms with Crippen molar-refractivity contribution in [1.29, 1.82) is 0 Å². The highest BCUT2D eigenvalue weighted by atomic mass is 79.9. The highest BCUT2D eigenvalue weighted by molar-refractivity contribution is 9.10. The van der Waals surface area contributed by atoms with Gasteiger partial charge in [-0.25, -0.2) is 0 Å². The van der Waals surface area contributed by atoms with Gasteiger partial charge in [-0.3, -0.25) is 9.80 Å². The molecule has 1 aromatic carbocycles. The molecule has 112 valence electrons. The van der Waals surface area contributed by atoms with E-state index >= 15 is 0 Å². The molecule has 1 aromatic rings. The summed E-state index contributed by atoms with van der Waals surface area (Å²) in [5, 5.41) is 0. The zero-order chi connectivity index (χ0) is 14.7. The van der Waals surface area contributed by atoms with Crippen LogP contribution in [-0.2, 0) is 0 Å². The maximum absolute atomic E-state index is 6.29. The van der Waals surface area contributed by atoms with E-state index in [1.807, 2.05) is 0 Å². The summed E-state index contributed by atoms with van der Waals surface area (Å²) in [4.78, 5) is 5.07. The summed E-state index contributed by atoms with van der Waals surface area (Å²) in [5.41, 5.74) is 7.59. The molecule has 2 rings (SSSR count). The zero-order valence-corrected chi connectivity index (χ0v) is 14.3. The van der Waals surface area contributed by atoms with E-state index in [0.717, 1.165) is 30.7 Å². The fraction of sp³-hybridized carbons (Fsp3) is 0.625. The van der Waals surface area contributed by atoms with Gasteiger partial charge in [0.25, 0.3) is 0 Å². The van der Waals surface area contributed by atoms with Crippen molar-refractivity contribution in [2.45, 2.75) is 38.9 Å². The third kappa shape index (κ3) is 3.61. The molecule has 0 aromatic heterocycles. The second kappa shape index (κ2) is 7.03. The van der Waals surface area contributed by atoms with Gasteiger partial charge in [-0.2, -0.15) is 0 Å². The van der Waals surface area contributed by atoms with Gasteiger partial charge in [0.05, 0.1) is 6.04 Å². The minimum Gasteiger partial charge on any atom is -0.326 e. The maximum Gasteiger partial charge on any atom is 0.0508 e. The van der Waals surface area contributed by atoms with Crippen LogP contribution in [0.5, 0.6) is 0 Å². The van der Waals surface area contributed by atoms with E-state index < -0.39 is 0 Å². The topological polar surface area (TPSA) is 32.5 Å². The molecule has 20 heavy (non-hydrogen) atoms. The number of nitrogens with zero attached hydrogens (tertiary/aromatic N) is 2. The molecule has 0 amide bonds. The van der Waals surface area contributed by atoms with E-state index in [1.165, 1.54) is 5.56 Å². The van der Waals surface area contributed by atoms with Crippen LogP contribution in [0.3, 0.4) is 0 Å². The molecule has 1 aliphatic heterocycles. The highest BCUT2D eigenvalue weighted by Gasteiger charge is 2.29. The summed E-state index contributed by atoms with van der Waals surface area (Å²) >= 11 is 3.67. The summed E-state index contributed by atoms with van der Waals surface area (Å²) < 4.78 is 1.16. The molecule has 0 saturated carbocycles. The van der Waals surface area contributed by atoms with Crippen LogP contribution in [0, 0.1) is 0 Å². The number of benzene rings is 1. The Kier molecular flexibility index (Phi) is 5.61. The number of piperazine rings is 1. The Labute approximate surface area is 131 Å². The van der Waals surface area contributed by atoms with Crippen LogP contribution in [0.4, 0.5) is 0 Å². The van der Waals surface area contributed by atoms with E-state index in [9.17, 15) is 0 Å². The van der Waals surface area contributed by atoms with E-state index in [-0.39, 0.29) is 6.04 Å². The van der Waals surface area contributed by atoms with Crippen molar-refractivity contribution < 1.29 is 0 Å². The van der Waals surface area contributed by atoms with Crippen molar-refractivity contribution in [3.8, 4) is 0 Å². The molecule has 2 unspecified atom stereocenters. The molecular formula is C16H26BrN3. The third-order valence-electron chi connectivity index (χ3n) is 4.19. The Balaban J connectivity index is 2.13. The highest BCUT2D eigenvalue weighted by Crippen LogP contribution is 2.30. The van der Waals surface area contributed by atoms with E-state index in [2.05, 4.69) is 70.8 Å². The maximum atomic E-state index is 6.29. The van der Waals surface area contributed by atoms with Crippen molar-refractivity contribution in [3.63, 3.8) is 0 Å². The van der Waals surface area contributed by atoms with Gasteiger partial charge in [0.2, 0.25) is 0 Å². The Hall–Kier alpha value is -0.420. The van der Waals surface area contributed by atoms with Crippen LogP contribution in [0.15, 0.2) is 28.7 Å². The lowest BCUT2D eigenvalue weighted by molar-refractivity contribution is 0.0703. The minimum atomic E-state index is 0.124. The molecule has 0 aliphatic carbocycles. The normalized spacial score (nSPS) is 21.1. The van der Waals surface area contributed by atoms with Crippen LogP contribution in [-0.4, -0.2) is 48.1 Å². The lowest BCUT2D eigenvalue weighted by atomic mass is 9.98. The number of nitrogens with two attached hydrogens (primary N) is 1. The first-order valence-corrected chi connectivity index (χ1v) is 8.28. The molecule has 0 radical (unpaired) electrons. The van der Waals surface area contributed by atoms with Gasteiger partial charge >= 0.3 is 0 Å². The first-order chi connectivity index (χ1) is 9.50. The Morgan fingerprint density at radius 1 is 1.00 bits per heavy atom. The first kappa shape index (κ1) is 16.0. The lowest BCUT2D eigenvalue weighted by Crippen LogP contribution is -2.52. The standard InChI is InChI=1S/C16H26BrN3/c1-12(2)19-8-10-20(11-9-19)16(13(3)18)14-6-4-5-7-15(14)17/h4-7,12-13,16H,8-11,18H2,1-3H3. The largest absolute Gasteiger partial charge is 0.326 e. The van der Waals surface area contributed by atoms with Gasteiger partial charge in [-0.15, -0.1) is 0 Å². The molecular weight excluding hydrogens is 314 g/mol. The van der Waals surface area contributed by atoms with Crippen LogP contribution in [0.25, 0.3) is 0 Å². The van der Waals surface area contributed by atoms with Crippen LogP contribution < -0.4 is 5.73 Å². The minimum absolute atomic E-state index is 0.124. The number of halogens is 1. The van der Waals surface area contributed by atoms with Crippen molar-refractivity contribution >= 4 is 15.9 Å². The molecule has 0 spiro atoms. The van der Waals surface area contributed by atoms with Gasteiger partial charge in [0.15, 0.2) is 0 Å². The molecule has 4 heteroatoms. The second-order valence-electron chi connectivity index (χ2n) is 5.99. The monoisotopic (exact) mass is 339 g/mol.